The van der Waals surface area contributed by atoms with Gasteiger partial charge in [0.1, 0.15) is 18.1 Å². The minimum absolute atomic E-state index is 0.205. The highest BCUT2D eigenvalue weighted by atomic mass is 16.5. The monoisotopic (exact) mass is 290 g/mol. The zero-order valence-electron chi connectivity index (χ0n) is 11.3. The van der Waals surface area contributed by atoms with Crippen LogP contribution in [-0.2, 0) is 4.74 Å². The van der Waals surface area contributed by atoms with Crippen molar-refractivity contribution in [3.8, 4) is 0 Å². The number of aliphatic hydroxyl groups excluding tert-OH is 1. The molecule has 10 nitrogen and oxygen atoms in total. The third kappa shape index (κ3) is 2.25. The van der Waals surface area contributed by atoms with Crippen molar-refractivity contribution in [2.45, 2.75) is 24.8 Å². The van der Waals surface area contributed by atoms with Gasteiger partial charge >= 0.3 is 0 Å². The molecule has 3 heterocycles. The fourth-order valence-corrected chi connectivity index (χ4v) is 2.48. The van der Waals surface area contributed by atoms with Crippen LogP contribution in [0.4, 0.5) is 5.82 Å². The fourth-order valence-electron chi connectivity index (χ4n) is 2.48. The molecule has 0 spiro atoms. The number of imidazole rings is 1. The number of azide groups is 1. The maximum absolute atomic E-state index is 9.31. The van der Waals surface area contributed by atoms with Crippen LogP contribution in [0.3, 0.4) is 0 Å². The van der Waals surface area contributed by atoms with Crippen LogP contribution >= 0.6 is 0 Å². The fraction of sp³-hybridized carbons (Fsp3) is 0.545. The van der Waals surface area contributed by atoms with Crippen molar-refractivity contribution >= 4 is 17.0 Å². The van der Waals surface area contributed by atoms with E-state index in [2.05, 4.69) is 30.3 Å². The molecule has 3 atom stereocenters. The molecule has 3 rings (SSSR count). The first-order valence-electron chi connectivity index (χ1n) is 6.44. The van der Waals surface area contributed by atoms with Gasteiger partial charge in [-0.05, 0) is 5.53 Å². The Bertz CT molecular complexity index is 695. The van der Waals surface area contributed by atoms with E-state index in [9.17, 15) is 5.11 Å². The molecule has 0 aliphatic carbocycles. The number of hydrogen-bond donors (Lipinski definition) is 2. The van der Waals surface area contributed by atoms with Crippen molar-refractivity contribution in [3.05, 3.63) is 23.1 Å². The van der Waals surface area contributed by atoms with Gasteiger partial charge in [0.25, 0.3) is 0 Å². The summed E-state index contributed by atoms with van der Waals surface area (Å²) in [6, 6.07) is -0.409. The summed E-state index contributed by atoms with van der Waals surface area (Å²) in [5.41, 5.74) is 9.83. The van der Waals surface area contributed by atoms with Crippen LogP contribution in [0.25, 0.3) is 21.6 Å². The lowest BCUT2D eigenvalue weighted by molar-refractivity contribution is -0.0233. The number of aromatic nitrogens is 4. The van der Waals surface area contributed by atoms with Crippen molar-refractivity contribution in [1.82, 2.24) is 19.5 Å². The minimum Gasteiger partial charge on any atom is -0.394 e. The molecule has 2 aromatic rings. The summed E-state index contributed by atoms with van der Waals surface area (Å²) in [5.74, 6) is 0.627. The van der Waals surface area contributed by atoms with Crippen LogP contribution in [-0.4, -0.2) is 50.4 Å². The number of fused-ring (bicyclic) bond motifs is 1. The molecule has 1 aliphatic heterocycles. The van der Waals surface area contributed by atoms with E-state index in [1.165, 1.54) is 6.33 Å². The zero-order valence-corrected chi connectivity index (χ0v) is 11.3. The molecule has 1 fully saturated rings. The number of nitrogens with one attached hydrogen (secondary N) is 1. The van der Waals surface area contributed by atoms with Gasteiger partial charge in [0.2, 0.25) is 0 Å². The Balaban J connectivity index is 1.96. The van der Waals surface area contributed by atoms with Gasteiger partial charge in [-0.1, -0.05) is 5.11 Å². The van der Waals surface area contributed by atoms with Crippen LogP contribution < -0.4 is 5.32 Å². The predicted octanol–water partition coefficient (Wildman–Crippen LogP) is 0.827. The summed E-state index contributed by atoms with van der Waals surface area (Å²) in [4.78, 5) is 15.4. The second kappa shape index (κ2) is 5.52. The van der Waals surface area contributed by atoms with Crippen molar-refractivity contribution in [2.75, 3.05) is 19.0 Å². The smallest absolute Gasteiger partial charge is 0.167 e. The van der Waals surface area contributed by atoms with E-state index in [-0.39, 0.29) is 12.8 Å². The number of aliphatic hydroxyl groups is 1. The molecule has 2 N–H and O–H groups in total. The Morgan fingerprint density at radius 2 is 2.43 bits per heavy atom. The summed E-state index contributed by atoms with van der Waals surface area (Å²) in [7, 11) is 1.76. The topological polar surface area (TPSA) is 134 Å². The van der Waals surface area contributed by atoms with Crippen molar-refractivity contribution in [3.63, 3.8) is 0 Å². The van der Waals surface area contributed by atoms with Gasteiger partial charge in [-0.2, -0.15) is 0 Å². The number of ether oxygens (including phenoxy) is 1. The van der Waals surface area contributed by atoms with Crippen LogP contribution in [0.1, 0.15) is 12.6 Å². The van der Waals surface area contributed by atoms with E-state index < -0.39 is 12.1 Å². The van der Waals surface area contributed by atoms with Crippen molar-refractivity contribution < 1.29 is 9.84 Å². The molecule has 0 bridgehead atoms. The first-order chi connectivity index (χ1) is 10.3. The third-order valence-electron chi connectivity index (χ3n) is 3.49. The average molecular weight is 290 g/mol. The Morgan fingerprint density at radius 1 is 1.57 bits per heavy atom. The third-order valence-corrected chi connectivity index (χ3v) is 3.49. The Hall–Kier alpha value is -2.42. The maximum atomic E-state index is 9.31. The predicted molar refractivity (Wildman–Crippen MR) is 73.4 cm³/mol. The summed E-state index contributed by atoms with van der Waals surface area (Å²) < 4.78 is 7.49. The van der Waals surface area contributed by atoms with Crippen LogP contribution in [0.5, 0.6) is 0 Å². The highest BCUT2D eigenvalue weighted by Crippen LogP contribution is 2.33. The van der Waals surface area contributed by atoms with E-state index in [4.69, 9.17) is 10.3 Å². The first-order valence-corrected chi connectivity index (χ1v) is 6.44. The van der Waals surface area contributed by atoms with Gasteiger partial charge in [-0.3, -0.25) is 4.57 Å². The van der Waals surface area contributed by atoms with Gasteiger partial charge in [0.15, 0.2) is 11.5 Å². The van der Waals surface area contributed by atoms with E-state index in [0.717, 1.165) is 0 Å². The first kappa shape index (κ1) is 13.6. The standard InChI is InChI=1S/C11H14N8O2/c1-13-10-9-11(15-4-14-10)19(5-16-9)8-2-6(17-18-12)7(3-20)21-8/h4-8,20H,2-3H2,1H3,(H,13,14,15)/t6?,7-,8-/m0/s1. The number of rotatable bonds is 4. The summed E-state index contributed by atoms with van der Waals surface area (Å²) in [5, 5.41) is 15.9. The SMILES string of the molecule is CNc1ncnc2c1ncn2[C@@H]1CC(N=[N+]=[N-])[C@H](CO)O1. The molecular formula is C11H14N8O2. The molecule has 21 heavy (non-hydrogen) atoms. The highest BCUT2D eigenvalue weighted by Gasteiger charge is 2.36. The van der Waals surface area contributed by atoms with Crippen LogP contribution in [0.15, 0.2) is 17.8 Å². The summed E-state index contributed by atoms with van der Waals surface area (Å²) in [6.45, 7) is -0.205. The van der Waals surface area contributed by atoms with E-state index in [1.54, 1.807) is 17.9 Å². The minimum atomic E-state index is -0.519. The quantitative estimate of drug-likeness (QED) is 0.486. The molecule has 1 aliphatic rings. The van der Waals surface area contributed by atoms with Crippen molar-refractivity contribution in [1.29, 1.82) is 0 Å². The van der Waals surface area contributed by atoms with Gasteiger partial charge in [0.05, 0.1) is 25.1 Å². The van der Waals surface area contributed by atoms with Gasteiger partial charge in [-0.25, -0.2) is 15.0 Å². The molecule has 0 aromatic carbocycles. The van der Waals surface area contributed by atoms with E-state index in [1.807, 2.05) is 0 Å². The lowest BCUT2D eigenvalue weighted by Crippen LogP contribution is -2.22. The molecule has 1 unspecified atom stereocenters. The molecule has 0 saturated carbocycles. The number of hydrogen-bond acceptors (Lipinski definition) is 7. The molecule has 110 valence electrons. The Labute approximate surface area is 119 Å². The van der Waals surface area contributed by atoms with Crippen LogP contribution in [0, 0.1) is 0 Å². The second-order valence-corrected chi connectivity index (χ2v) is 4.62. The highest BCUT2D eigenvalue weighted by molar-refractivity contribution is 5.82. The number of anilines is 1. The van der Waals surface area contributed by atoms with Gasteiger partial charge in [-0.15, -0.1) is 0 Å². The molecular weight excluding hydrogens is 276 g/mol. The largest absolute Gasteiger partial charge is 0.394 e. The molecule has 2 aromatic heterocycles. The normalized spacial score (nSPS) is 25.0. The van der Waals surface area contributed by atoms with Gasteiger partial charge in [0, 0.05) is 18.4 Å². The second-order valence-electron chi connectivity index (χ2n) is 4.62. The van der Waals surface area contributed by atoms with Crippen molar-refractivity contribution in [2.24, 2.45) is 5.11 Å². The Morgan fingerprint density at radius 3 is 3.14 bits per heavy atom. The zero-order chi connectivity index (χ0) is 14.8. The molecule has 0 radical (unpaired) electrons. The maximum Gasteiger partial charge on any atom is 0.167 e. The van der Waals surface area contributed by atoms with E-state index >= 15 is 0 Å². The van der Waals surface area contributed by atoms with Crippen LogP contribution in [0.2, 0.25) is 0 Å². The molecule has 1 saturated heterocycles. The van der Waals surface area contributed by atoms with Gasteiger partial charge < -0.3 is 15.2 Å². The Kier molecular flexibility index (Phi) is 3.57. The summed E-state index contributed by atoms with van der Waals surface area (Å²) >= 11 is 0. The van der Waals surface area contributed by atoms with E-state index in [0.29, 0.717) is 23.4 Å². The molecule has 0 amide bonds. The lowest BCUT2D eigenvalue weighted by Gasteiger charge is -2.13. The lowest BCUT2D eigenvalue weighted by atomic mass is 10.1. The summed E-state index contributed by atoms with van der Waals surface area (Å²) in [6.07, 6.45) is 2.60. The molecule has 10 heteroatoms. The average Bonchev–Trinajstić information content (AvgIpc) is 3.10. The number of nitrogens with zero attached hydrogens (tertiary/aromatic N) is 7.